The van der Waals surface area contributed by atoms with Crippen LogP contribution in [0.2, 0.25) is 0 Å². The number of nitro benzene ring substituents is 1. The number of hydrogen-bond acceptors (Lipinski definition) is 8. The van der Waals surface area contributed by atoms with Crippen LogP contribution in [0.1, 0.15) is 5.56 Å². The van der Waals surface area contributed by atoms with Gasteiger partial charge in [0.25, 0.3) is 11.6 Å². The minimum absolute atomic E-state index is 0.0477. The quantitative estimate of drug-likeness (QED) is 0.257. The lowest BCUT2D eigenvalue weighted by Crippen LogP contribution is -2.17. The van der Waals surface area contributed by atoms with Crippen molar-refractivity contribution in [2.45, 2.75) is 4.90 Å². The highest BCUT2D eigenvalue weighted by molar-refractivity contribution is 8.26. The number of thiocarbonyl (C=S) groups is 1. The van der Waals surface area contributed by atoms with E-state index < -0.39 is 25.6 Å². The SMILES string of the molecule is O=C1NC(=S)S/C1=C\c1cccc(OS(=O)(=O)c2ccccc2[N+](=O)[O-])c1. The molecule has 1 aliphatic rings. The van der Waals surface area contributed by atoms with E-state index in [2.05, 4.69) is 5.32 Å². The molecule has 1 saturated heterocycles. The number of benzene rings is 2. The van der Waals surface area contributed by atoms with Crippen molar-refractivity contribution in [1.82, 2.24) is 5.32 Å². The summed E-state index contributed by atoms with van der Waals surface area (Å²) in [6.45, 7) is 0. The van der Waals surface area contributed by atoms with Crippen LogP contribution in [0.25, 0.3) is 6.08 Å². The smallest absolute Gasteiger partial charge is 0.346 e. The monoisotopic (exact) mass is 422 g/mol. The van der Waals surface area contributed by atoms with Crippen LogP contribution < -0.4 is 9.50 Å². The van der Waals surface area contributed by atoms with Gasteiger partial charge in [0.2, 0.25) is 0 Å². The van der Waals surface area contributed by atoms with Gasteiger partial charge in [0.1, 0.15) is 10.1 Å². The average molecular weight is 422 g/mol. The second-order valence-corrected chi connectivity index (χ2v) is 8.42. The molecule has 8 nitrogen and oxygen atoms in total. The van der Waals surface area contributed by atoms with Gasteiger partial charge in [-0.1, -0.05) is 48.2 Å². The third kappa shape index (κ3) is 4.32. The molecule has 0 spiro atoms. The second kappa shape index (κ2) is 7.47. The molecule has 1 aliphatic heterocycles. The first-order valence-electron chi connectivity index (χ1n) is 7.29. The number of nitro groups is 1. The summed E-state index contributed by atoms with van der Waals surface area (Å²) in [5, 5.41) is 13.5. The first-order valence-corrected chi connectivity index (χ1v) is 9.92. The average Bonchev–Trinajstić information content (AvgIpc) is 2.92. The van der Waals surface area contributed by atoms with Gasteiger partial charge in [-0.05, 0) is 29.8 Å². The van der Waals surface area contributed by atoms with Crippen molar-refractivity contribution in [3.8, 4) is 5.75 Å². The lowest BCUT2D eigenvalue weighted by molar-refractivity contribution is -0.387. The molecule has 0 radical (unpaired) electrons. The van der Waals surface area contributed by atoms with Crippen LogP contribution in [0.3, 0.4) is 0 Å². The van der Waals surface area contributed by atoms with Gasteiger partial charge in [0.15, 0.2) is 4.90 Å². The lowest BCUT2D eigenvalue weighted by atomic mass is 10.2. The zero-order valence-electron chi connectivity index (χ0n) is 13.3. The van der Waals surface area contributed by atoms with E-state index >= 15 is 0 Å². The summed E-state index contributed by atoms with van der Waals surface area (Å²) in [5.74, 6) is -0.391. The van der Waals surface area contributed by atoms with Crippen LogP contribution in [-0.4, -0.2) is 23.6 Å². The van der Waals surface area contributed by atoms with Gasteiger partial charge >= 0.3 is 10.1 Å². The molecule has 138 valence electrons. The Hall–Kier alpha value is -2.76. The molecule has 27 heavy (non-hydrogen) atoms. The van der Waals surface area contributed by atoms with Gasteiger partial charge < -0.3 is 9.50 Å². The highest BCUT2D eigenvalue weighted by atomic mass is 32.2. The van der Waals surface area contributed by atoms with Crippen molar-refractivity contribution < 1.29 is 22.3 Å². The number of thioether (sulfide) groups is 1. The lowest BCUT2D eigenvalue weighted by Gasteiger charge is -2.08. The zero-order chi connectivity index (χ0) is 19.6. The zero-order valence-corrected chi connectivity index (χ0v) is 15.8. The number of nitrogens with one attached hydrogen (secondary N) is 1. The van der Waals surface area contributed by atoms with Gasteiger partial charge in [-0.15, -0.1) is 0 Å². The van der Waals surface area contributed by atoms with Crippen LogP contribution in [-0.2, 0) is 14.9 Å². The Morgan fingerprint density at radius 2 is 1.93 bits per heavy atom. The fourth-order valence-corrected chi connectivity index (χ4v) is 4.35. The molecule has 0 aromatic heterocycles. The van der Waals surface area contributed by atoms with E-state index in [0.29, 0.717) is 14.8 Å². The van der Waals surface area contributed by atoms with Gasteiger partial charge in [-0.3, -0.25) is 14.9 Å². The Kier molecular flexibility index (Phi) is 5.26. The molecular formula is C16H10N2O6S3. The van der Waals surface area contributed by atoms with Crippen molar-refractivity contribution in [2.24, 2.45) is 0 Å². The molecule has 0 aliphatic carbocycles. The molecule has 2 aromatic rings. The van der Waals surface area contributed by atoms with Crippen molar-refractivity contribution >= 4 is 56.1 Å². The molecule has 0 unspecified atom stereocenters. The largest absolute Gasteiger partial charge is 0.379 e. The van der Waals surface area contributed by atoms with Crippen LogP contribution in [0.4, 0.5) is 5.69 Å². The molecule has 2 aromatic carbocycles. The van der Waals surface area contributed by atoms with Crippen LogP contribution in [0.5, 0.6) is 5.75 Å². The molecule has 11 heteroatoms. The third-order valence-electron chi connectivity index (χ3n) is 3.34. The first-order chi connectivity index (χ1) is 12.8. The number of nitrogens with zero attached hydrogens (tertiary/aromatic N) is 1. The maximum Gasteiger partial charge on any atom is 0.346 e. The van der Waals surface area contributed by atoms with E-state index in [9.17, 15) is 23.3 Å². The normalized spacial score (nSPS) is 15.6. The fraction of sp³-hybridized carbons (Fsp3) is 0. The van der Waals surface area contributed by atoms with E-state index in [1.807, 2.05) is 0 Å². The van der Waals surface area contributed by atoms with E-state index in [0.717, 1.165) is 23.9 Å². The molecular weight excluding hydrogens is 412 g/mol. The Balaban J connectivity index is 1.91. The molecule has 1 fully saturated rings. The minimum Gasteiger partial charge on any atom is -0.379 e. The Morgan fingerprint density at radius 3 is 2.59 bits per heavy atom. The fourth-order valence-electron chi connectivity index (χ4n) is 2.22. The summed E-state index contributed by atoms with van der Waals surface area (Å²) in [4.78, 5) is 21.8. The highest BCUT2D eigenvalue weighted by Crippen LogP contribution is 2.29. The van der Waals surface area contributed by atoms with Crippen molar-refractivity contribution in [3.05, 3.63) is 69.1 Å². The van der Waals surface area contributed by atoms with E-state index in [4.69, 9.17) is 16.4 Å². The maximum atomic E-state index is 12.5. The summed E-state index contributed by atoms with van der Waals surface area (Å²) in [7, 11) is -4.42. The van der Waals surface area contributed by atoms with Crippen molar-refractivity contribution in [1.29, 1.82) is 0 Å². The van der Waals surface area contributed by atoms with Gasteiger partial charge in [0, 0.05) is 6.07 Å². The Morgan fingerprint density at radius 1 is 1.19 bits per heavy atom. The van der Waals surface area contributed by atoms with Crippen LogP contribution >= 0.6 is 24.0 Å². The molecule has 1 N–H and O–H groups in total. The van der Waals surface area contributed by atoms with Gasteiger partial charge in [0.05, 0.1) is 9.83 Å². The highest BCUT2D eigenvalue weighted by Gasteiger charge is 2.27. The number of carbonyl (C=O) groups is 1. The maximum absolute atomic E-state index is 12.5. The number of hydrogen-bond donors (Lipinski definition) is 1. The van der Waals surface area contributed by atoms with Gasteiger partial charge in [-0.25, -0.2) is 0 Å². The summed E-state index contributed by atoms with van der Waals surface area (Å²) < 4.78 is 30.3. The number of rotatable bonds is 5. The number of amides is 1. The minimum atomic E-state index is -4.42. The molecule has 1 heterocycles. The molecule has 0 bridgehead atoms. The van der Waals surface area contributed by atoms with Crippen LogP contribution in [0, 0.1) is 10.1 Å². The molecule has 0 atom stereocenters. The predicted octanol–water partition coefficient (Wildman–Crippen LogP) is 2.85. The number of carbonyl (C=O) groups excluding carboxylic acids is 1. The molecule has 1 amide bonds. The standard InChI is InChI=1S/C16H10N2O6S3/c19-15-13(26-16(25)17-15)9-10-4-3-5-11(8-10)24-27(22,23)14-7-2-1-6-12(14)18(20)21/h1-9H,(H,17,19,25)/b13-9-. The molecule has 0 saturated carbocycles. The van der Waals surface area contributed by atoms with Crippen LogP contribution in [0.15, 0.2) is 58.3 Å². The first kappa shape index (κ1) is 19.0. The van der Waals surface area contributed by atoms with Gasteiger partial charge in [-0.2, -0.15) is 8.42 Å². The Labute approximate surface area is 163 Å². The third-order valence-corrected chi connectivity index (χ3v) is 5.79. The summed E-state index contributed by atoms with van der Waals surface area (Å²) >= 11 is 5.99. The topological polar surface area (TPSA) is 116 Å². The second-order valence-electron chi connectivity index (χ2n) is 5.19. The number of para-hydroxylation sites is 1. The van der Waals surface area contributed by atoms with Crippen molar-refractivity contribution in [2.75, 3.05) is 0 Å². The van der Waals surface area contributed by atoms with E-state index in [1.54, 1.807) is 6.07 Å². The predicted molar refractivity (Wildman–Crippen MR) is 104 cm³/mol. The Bertz CT molecular complexity index is 1090. The van der Waals surface area contributed by atoms with E-state index in [1.165, 1.54) is 36.4 Å². The molecule has 3 rings (SSSR count). The summed E-state index contributed by atoms with van der Waals surface area (Å²) in [5.41, 5.74) is -0.0732. The summed E-state index contributed by atoms with van der Waals surface area (Å²) in [6.07, 6.45) is 1.53. The van der Waals surface area contributed by atoms with E-state index in [-0.39, 0.29) is 11.7 Å². The summed E-state index contributed by atoms with van der Waals surface area (Å²) in [6, 6.07) is 10.9. The van der Waals surface area contributed by atoms with Crippen molar-refractivity contribution in [3.63, 3.8) is 0 Å².